The van der Waals surface area contributed by atoms with Crippen molar-refractivity contribution in [1.29, 1.82) is 0 Å². The third-order valence-electron chi connectivity index (χ3n) is 6.32. The molecular formula is C26H23F4NO4. The van der Waals surface area contributed by atoms with Gasteiger partial charge in [0.2, 0.25) is 5.91 Å². The van der Waals surface area contributed by atoms with Crippen LogP contribution < -0.4 is 5.32 Å². The summed E-state index contributed by atoms with van der Waals surface area (Å²) < 4.78 is 59.3. The molecule has 35 heavy (non-hydrogen) atoms. The number of nitrogens with one attached hydrogen (secondary N) is 1. The Balaban J connectivity index is 1.58. The van der Waals surface area contributed by atoms with Crippen molar-refractivity contribution >= 4 is 17.6 Å². The minimum Gasteiger partial charge on any atom is -0.457 e. The highest BCUT2D eigenvalue weighted by Crippen LogP contribution is 2.54. The molecular weight excluding hydrogens is 466 g/mol. The van der Waals surface area contributed by atoms with E-state index in [-0.39, 0.29) is 25.2 Å². The van der Waals surface area contributed by atoms with Crippen LogP contribution in [-0.4, -0.2) is 23.6 Å². The first kappa shape index (κ1) is 24.7. The molecule has 1 amide bonds. The maximum Gasteiger partial charge on any atom is 0.416 e. The molecule has 184 valence electrons. The van der Waals surface area contributed by atoms with Crippen LogP contribution in [0.5, 0.6) is 0 Å². The summed E-state index contributed by atoms with van der Waals surface area (Å²) in [6.07, 6.45) is -2.94. The molecule has 2 N–H and O–H groups in total. The van der Waals surface area contributed by atoms with Crippen molar-refractivity contribution in [1.82, 2.24) is 0 Å². The molecule has 1 saturated carbocycles. The summed E-state index contributed by atoms with van der Waals surface area (Å²) in [6.45, 7) is 0.0288. The summed E-state index contributed by atoms with van der Waals surface area (Å²) in [5.41, 5.74) is -0.453. The van der Waals surface area contributed by atoms with Gasteiger partial charge in [0, 0.05) is 24.3 Å². The molecule has 0 radical (unpaired) electrons. The highest BCUT2D eigenvalue weighted by atomic mass is 19.4. The van der Waals surface area contributed by atoms with Gasteiger partial charge < -0.3 is 15.2 Å². The number of ether oxygens (including phenoxy) is 1. The van der Waals surface area contributed by atoms with E-state index in [9.17, 15) is 27.2 Å². The molecule has 0 aromatic heterocycles. The Morgan fingerprint density at radius 3 is 2.66 bits per heavy atom. The number of carbonyl (C=O) groups is 2. The standard InChI is InChI=1S/C26H23F4NO4/c27-22-8-5-18(26(28,29)30)13-21(22)25(9-10-25)14-16(4-2-1-3-11-32)23(33)31-19-6-7-20-17(12-19)15-35-24(20)34/h5-8,12-13,16,32H,1,3,9-11,14-15H2,(H,31,33). The summed E-state index contributed by atoms with van der Waals surface area (Å²) in [5, 5.41) is 11.7. The Hall–Kier alpha value is -3.38. The topological polar surface area (TPSA) is 75.6 Å². The molecule has 1 unspecified atom stereocenters. The number of alkyl halides is 3. The van der Waals surface area contributed by atoms with Crippen LogP contribution in [0.2, 0.25) is 0 Å². The molecule has 0 bridgehead atoms. The number of anilines is 1. The molecule has 0 spiro atoms. The lowest BCUT2D eigenvalue weighted by Gasteiger charge is -2.22. The zero-order valence-electron chi connectivity index (χ0n) is 18.7. The van der Waals surface area contributed by atoms with Gasteiger partial charge in [0.1, 0.15) is 18.3 Å². The number of fused-ring (bicyclic) bond motifs is 1. The van der Waals surface area contributed by atoms with E-state index < -0.39 is 40.8 Å². The van der Waals surface area contributed by atoms with Gasteiger partial charge in [0.25, 0.3) is 0 Å². The highest BCUT2D eigenvalue weighted by molar-refractivity contribution is 5.97. The zero-order valence-corrected chi connectivity index (χ0v) is 18.7. The number of hydrogen-bond donors (Lipinski definition) is 2. The Morgan fingerprint density at radius 2 is 1.97 bits per heavy atom. The first-order chi connectivity index (χ1) is 16.6. The SMILES string of the molecule is O=C1OCc2cc(NC(=O)C(C#CCCCO)CC3(c4cc(C(F)(F)F)ccc4F)CC3)ccc21. The first-order valence-corrected chi connectivity index (χ1v) is 11.2. The Morgan fingerprint density at radius 1 is 1.20 bits per heavy atom. The lowest BCUT2D eigenvalue weighted by atomic mass is 9.84. The molecule has 5 nitrogen and oxygen atoms in total. The summed E-state index contributed by atoms with van der Waals surface area (Å²) in [5.74, 6) is 3.12. The number of esters is 1. The molecule has 1 aliphatic heterocycles. The quantitative estimate of drug-likeness (QED) is 0.249. The second-order valence-corrected chi connectivity index (χ2v) is 8.82. The summed E-state index contributed by atoms with van der Waals surface area (Å²) in [7, 11) is 0. The van der Waals surface area contributed by atoms with Crippen LogP contribution >= 0.6 is 0 Å². The first-order valence-electron chi connectivity index (χ1n) is 11.2. The van der Waals surface area contributed by atoms with Crippen LogP contribution in [0.25, 0.3) is 0 Å². The molecule has 1 atom stereocenters. The molecule has 2 aromatic rings. The summed E-state index contributed by atoms with van der Waals surface area (Å²) in [4.78, 5) is 24.8. The van der Waals surface area contributed by atoms with Crippen molar-refractivity contribution in [3.8, 4) is 11.8 Å². The largest absolute Gasteiger partial charge is 0.457 e. The molecule has 9 heteroatoms. The normalized spacial score (nSPS) is 16.5. The summed E-state index contributed by atoms with van der Waals surface area (Å²) in [6, 6.07) is 7.06. The van der Waals surface area contributed by atoms with E-state index in [0.717, 1.165) is 12.1 Å². The number of carbonyl (C=O) groups excluding carboxylic acids is 2. The molecule has 0 saturated heterocycles. The third kappa shape index (κ3) is 5.49. The number of aliphatic hydroxyl groups is 1. The van der Waals surface area contributed by atoms with Gasteiger partial charge in [-0.1, -0.05) is 5.92 Å². The molecule has 4 rings (SSSR count). The maximum atomic E-state index is 14.6. The zero-order chi connectivity index (χ0) is 25.2. The van der Waals surface area contributed by atoms with Crippen molar-refractivity contribution in [2.45, 2.75) is 50.3 Å². The summed E-state index contributed by atoms with van der Waals surface area (Å²) >= 11 is 0. The van der Waals surface area contributed by atoms with E-state index >= 15 is 0 Å². The van der Waals surface area contributed by atoms with Gasteiger partial charge in [0.05, 0.1) is 11.1 Å². The number of amides is 1. The smallest absolute Gasteiger partial charge is 0.416 e. The predicted molar refractivity (Wildman–Crippen MR) is 119 cm³/mol. The number of halogens is 4. The average Bonchev–Trinajstić information content (AvgIpc) is 3.50. The van der Waals surface area contributed by atoms with Gasteiger partial charge in [-0.2, -0.15) is 13.2 Å². The number of unbranched alkanes of at least 4 members (excludes halogenated alkanes) is 1. The molecule has 1 fully saturated rings. The lowest BCUT2D eigenvalue weighted by Crippen LogP contribution is -2.26. The van der Waals surface area contributed by atoms with E-state index in [4.69, 9.17) is 9.84 Å². The van der Waals surface area contributed by atoms with Gasteiger partial charge in [-0.25, -0.2) is 9.18 Å². The van der Waals surface area contributed by atoms with E-state index in [0.29, 0.717) is 48.6 Å². The van der Waals surface area contributed by atoms with Crippen LogP contribution in [0.3, 0.4) is 0 Å². The van der Waals surface area contributed by atoms with Crippen molar-refractivity contribution in [2.24, 2.45) is 5.92 Å². The van der Waals surface area contributed by atoms with Crippen molar-refractivity contribution in [3.05, 3.63) is 64.5 Å². The van der Waals surface area contributed by atoms with Crippen LogP contribution in [0, 0.1) is 23.6 Å². The fourth-order valence-corrected chi connectivity index (χ4v) is 4.25. The van der Waals surface area contributed by atoms with E-state index in [1.807, 2.05) is 0 Å². The van der Waals surface area contributed by atoms with Gasteiger partial charge in [-0.05, 0) is 73.1 Å². The fraction of sp³-hybridized carbons (Fsp3) is 0.385. The van der Waals surface area contributed by atoms with Gasteiger partial charge >= 0.3 is 12.1 Å². The van der Waals surface area contributed by atoms with Gasteiger partial charge in [-0.3, -0.25) is 4.79 Å². The van der Waals surface area contributed by atoms with E-state index in [1.165, 1.54) is 0 Å². The second-order valence-electron chi connectivity index (χ2n) is 8.82. The van der Waals surface area contributed by atoms with Gasteiger partial charge in [0.15, 0.2) is 0 Å². The van der Waals surface area contributed by atoms with Gasteiger partial charge in [-0.15, -0.1) is 5.92 Å². The Labute approximate surface area is 199 Å². The number of rotatable bonds is 7. The van der Waals surface area contributed by atoms with Crippen LogP contribution in [-0.2, 0) is 27.7 Å². The number of aliphatic hydroxyl groups excluding tert-OH is 1. The minimum atomic E-state index is -4.61. The van der Waals surface area contributed by atoms with Crippen LogP contribution in [0.1, 0.15) is 59.2 Å². The number of benzene rings is 2. The number of hydrogen-bond acceptors (Lipinski definition) is 4. The second kappa shape index (κ2) is 9.70. The molecule has 1 heterocycles. The number of cyclic esters (lactones) is 1. The van der Waals surface area contributed by atoms with Crippen molar-refractivity contribution in [2.75, 3.05) is 11.9 Å². The Kier molecular flexibility index (Phi) is 6.86. The highest BCUT2D eigenvalue weighted by Gasteiger charge is 2.49. The van der Waals surface area contributed by atoms with E-state index in [1.54, 1.807) is 18.2 Å². The average molecular weight is 489 g/mol. The van der Waals surface area contributed by atoms with Crippen LogP contribution in [0.15, 0.2) is 36.4 Å². The fourth-order valence-electron chi connectivity index (χ4n) is 4.25. The predicted octanol–water partition coefficient (Wildman–Crippen LogP) is 4.97. The third-order valence-corrected chi connectivity index (χ3v) is 6.32. The molecule has 1 aliphatic carbocycles. The maximum absolute atomic E-state index is 14.6. The molecule has 2 aliphatic rings. The van der Waals surface area contributed by atoms with E-state index in [2.05, 4.69) is 17.2 Å². The Bertz CT molecular complexity index is 1210. The molecule has 2 aromatic carbocycles. The minimum absolute atomic E-state index is 0.0513. The van der Waals surface area contributed by atoms with Crippen LogP contribution in [0.4, 0.5) is 23.2 Å². The van der Waals surface area contributed by atoms with Crippen molar-refractivity contribution in [3.63, 3.8) is 0 Å². The van der Waals surface area contributed by atoms with Crippen molar-refractivity contribution < 1.29 is 37.0 Å². The lowest BCUT2D eigenvalue weighted by molar-refractivity contribution is -0.137. The monoisotopic (exact) mass is 489 g/mol.